The molecule has 23 heavy (non-hydrogen) atoms. The van der Waals surface area contributed by atoms with Gasteiger partial charge in [0, 0.05) is 23.6 Å². The second kappa shape index (κ2) is 9.15. The first kappa shape index (κ1) is 17.3. The molecule has 0 aliphatic rings. The molecule has 6 heteroatoms. The van der Waals surface area contributed by atoms with Crippen molar-refractivity contribution >= 4 is 17.7 Å². The lowest BCUT2D eigenvalue weighted by atomic mass is 10.2. The summed E-state index contributed by atoms with van der Waals surface area (Å²) in [5.41, 5.74) is 3.24. The van der Waals surface area contributed by atoms with E-state index in [9.17, 15) is 4.79 Å². The molecule has 0 radical (unpaired) electrons. The van der Waals surface area contributed by atoms with Gasteiger partial charge in [-0.15, -0.1) is 5.10 Å². The van der Waals surface area contributed by atoms with Gasteiger partial charge in [0.05, 0.1) is 12.6 Å². The monoisotopic (exact) mass is 331 g/mol. The fourth-order valence-corrected chi connectivity index (χ4v) is 2.87. The Morgan fingerprint density at radius 1 is 1.30 bits per heavy atom. The Balaban J connectivity index is 1.75. The van der Waals surface area contributed by atoms with E-state index < -0.39 is 5.97 Å². The van der Waals surface area contributed by atoms with Crippen LogP contribution in [0.2, 0.25) is 0 Å². The maximum absolute atomic E-state index is 10.4. The van der Waals surface area contributed by atoms with Crippen LogP contribution in [-0.4, -0.2) is 37.6 Å². The molecule has 1 aromatic heterocycles. The van der Waals surface area contributed by atoms with Crippen molar-refractivity contribution in [3.63, 3.8) is 0 Å². The van der Waals surface area contributed by atoms with Crippen LogP contribution in [0, 0.1) is 0 Å². The molecule has 122 valence electrons. The Kier molecular flexibility index (Phi) is 6.87. The number of carboxylic acids is 1. The summed E-state index contributed by atoms with van der Waals surface area (Å²) < 4.78 is 1.86. The number of hydrogen-bond donors (Lipinski definition) is 1. The third-order valence-corrected chi connectivity index (χ3v) is 4.25. The highest BCUT2D eigenvalue weighted by molar-refractivity contribution is 7.99. The topological polar surface area (TPSA) is 68.0 Å². The number of aliphatic carboxylic acids is 1. The molecule has 0 aliphatic heterocycles. The minimum atomic E-state index is -0.737. The quantitative estimate of drug-likeness (QED) is 0.563. The van der Waals surface area contributed by atoms with Crippen LogP contribution in [0.4, 0.5) is 0 Å². The maximum atomic E-state index is 10.4. The summed E-state index contributed by atoms with van der Waals surface area (Å²) in [7, 11) is 0. The van der Waals surface area contributed by atoms with E-state index in [2.05, 4.69) is 23.3 Å². The van der Waals surface area contributed by atoms with E-state index in [0.29, 0.717) is 5.75 Å². The largest absolute Gasteiger partial charge is 0.481 e. The summed E-state index contributed by atoms with van der Waals surface area (Å²) in [4.78, 5) is 10.4. The first-order valence-electron chi connectivity index (χ1n) is 7.56. The minimum absolute atomic E-state index is 0.221. The van der Waals surface area contributed by atoms with Crippen molar-refractivity contribution in [1.82, 2.24) is 15.0 Å². The van der Waals surface area contributed by atoms with E-state index in [1.54, 1.807) is 11.8 Å². The van der Waals surface area contributed by atoms with Gasteiger partial charge in [-0.1, -0.05) is 47.2 Å². The lowest BCUT2D eigenvalue weighted by Gasteiger charge is -2.02. The predicted octanol–water partition coefficient (Wildman–Crippen LogP) is 3.49. The number of rotatable bonds is 9. The SMILES string of the molecule is C/C(=C\CSCCC(=O)O)CCn1cc(-c2ccccc2)nn1. The van der Waals surface area contributed by atoms with Crippen LogP contribution in [0.15, 0.2) is 48.2 Å². The average molecular weight is 331 g/mol. The van der Waals surface area contributed by atoms with Gasteiger partial charge in [-0.2, -0.15) is 11.8 Å². The van der Waals surface area contributed by atoms with Crippen molar-refractivity contribution in [2.75, 3.05) is 11.5 Å². The molecule has 0 spiro atoms. The van der Waals surface area contributed by atoms with Gasteiger partial charge >= 0.3 is 5.97 Å². The Labute approximate surface area is 140 Å². The van der Waals surface area contributed by atoms with Crippen LogP contribution in [0.25, 0.3) is 11.3 Å². The highest BCUT2D eigenvalue weighted by atomic mass is 32.2. The molecule has 0 saturated heterocycles. The molecule has 0 fully saturated rings. The molecule has 1 aromatic carbocycles. The molecular formula is C17H21N3O2S. The van der Waals surface area contributed by atoms with Crippen LogP contribution in [0.3, 0.4) is 0 Å². The Hall–Kier alpha value is -2.08. The van der Waals surface area contributed by atoms with Gasteiger partial charge in [0.25, 0.3) is 0 Å². The summed E-state index contributed by atoms with van der Waals surface area (Å²) in [6.07, 6.45) is 5.25. The summed E-state index contributed by atoms with van der Waals surface area (Å²) in [5, 5.41) is 16.9. The van der Waals surface area contributed by atoms with Gasteiger partial charge in [-0.25, -0.2) is 0 Å². The van der Waals surface area contributed by atoms with Crippen LogP contribution in [-0.2, 0) is 11.3 Å². The number of carbonyl (C=O) groups is 1. The number of aryl methyl sites for hydroxylation is 1. The highest BCUT2D eigenvalue weighted by Crippen LogP contribution is 2.15. The number of hydrogen-bond acceptors (Lipinski definition) is 4. The fourth-order valence-electron chi connectivity index (χ4n) is 1.99. The first-order valence-corrected chi connectivity index (χ1v) is 8.71. The van der Waals surface area contributed by atoms with E-state index in [4.69, 9.17) is 5.11 Å². The number of thioether (sulfide) groups is 1. The van der Waals surface area contributed by atoms with E-state index >= 15 is 0 Å². The Morgan fingerprint density at radius 3 is 2.83 bits per heavy atom. The summed E-state index contributed by atoms with van der Waals surface area (Å²) in [6.45, 7) is 2.88. The predicted molar refractivity (Wildman–Crippen MR) is 93.4 cm³/mol. The van der Waals surface area contributed by atoms with E-state index in [1.165, 1.54) is 5.57 Å². The fraction of sp³-hybridized carbons (Fsp3) is 0.353. The number of carboxylic acid groups (broad SMARTS) is 1. The van der Waals surface area contributed by atoms with E-state index in [0.717, 1.165) is 30.0 Å². The lowest BCUT2D eigenvalue weighted by Crippen LogP contribution is -1.99. The van der Waals surface area contributed by atoms with Crippen LogP contribution >= 0.6 is 11.8 Å². The zero-order chi connectivity index (χ0) is 16.5. The van der Waals surface area contributed by atoms with Gasteiger partial charge in [-0.05, 0) is 13.3 Å². The Morgan fingerprint density at radius 2 is 2.09 bits per heavy atom. The molecule has 0 aliphatic carbocycles. The molecule has 0 saturated carbocycles. The minimum Gasteiger partial charge on any atom is -0.481 e. The van der Waals surface area contributed by atoms with Crippen LogP contribution in [0.1, 0.15) is 19.8 Å². The van der Waals surface area contributed by atoms with Crippen LogP contribution < -0.4 is 0 Å². The van der Waals surface area contributed by atoms with Crippen molar-refractivity contribution in [3.8, 4) is 11.3 Å². The molecule has 1 heterocycles. The second-order valence-electron chi connectivity index (χ2n) is 5.25. The standard InChI is InChI=1S/C17H21N3O2S/c1-14(8-11-23-12-9-17(21)22)7-10-20-13-16(18-19-20)15-5-3-2-4-6-15/h2-6,8,13H,7,9-12H2,1H3,(H,21,22)/b14-8+. The van der Waals surface area contributed by atoms with Crippen molar-refractivity contribution in [2.45, 2.75) is 26.3 Å². The van der Waals surface area contributed by atoms with Crippen molar-refractivity contribution in [1.29, 1.82) is 0 Å². The maximum Gasteiger partial charge on any atom is 0.304 e. The van der Waals surface area contributed by atoms with Crippen LogP contribution in [0.5, 0.6) is 0 Å². The molecule has 2 rings (SSSR count). The van der Waals surface area contributed by atoms with Gasteiger partial charge < -0.3 is 5.11 Å². The van der Waals surface area contributed by atoms with Crippen molar-refractivity contribution in [3.05, 3.63) is 48.2 Å². The van der Waals surface area contributed by atoms with E-state index in [-0.39, 0.29) is 6.42 Å². The molecular weight excluding hydrogens is 310 g/mol. The van der Waals surface area contributed by atoms with Gasteiger partial charge in [0.1, 0.15) is 5.69 Å². The van der Waals surface area contributed by atoms with Gasteiger partial charge in [0.2, 0.25) is 0 Å². The Bertz CT molecular complexity index is 653. The molecule has 0 unspecified atom stereocenters. The summed E-state index contributed by atoms with van der Waals surface area (Å²) in [6, 6.07) is 10.0. The molecule has 2 aromatic rings. The first-order chi connectivity index (χ1) is 11.1. The molecule has 0 atom stereocenters. The third-order valence-electron chi connectivity index (χ3n) is 3.35. The third kappa shape index (κ3) is 6.28. The van der Waals surface area contributed by atoms with Gasteiger partial charge in [-0.3, -0.25) is 9.48 Å². The van der Waals surface area contributed by atoms with Crippen molar-refractivity contribution in [2.24, 2.45) is 0 Å². The highest BCUT2D eigenvalue weighted by Gasteiger charge is 2.03. The number of benzene rings is 1. The molecule has 0 bridgehead atoms. The molecule has 5 nitrogen and oxygen atoms in total. The smallest absolute Gasteiger partial charge is 0.304 e. The second-order valence-corrected chi connectivity index (χ2v) is 6.40. The summed E-state index contributed by atoms with van der Waals surface area (Å²) in [5.74, 6) is 0.771. The number of allylic oxidation sites excluding steroid dienone is 1. The molecule has 1 N–H and O–H groups in total. The molecule has 0 amide bonds. The summed E-state index contributed by atoms with van der Waals surface area (Å²) >= 11 is 1.64. The number of aromatic nitrogens is 3. The zero-order valence-electron chi connectivity index (χ0n) is 13.2. The van der Waals surface area contributed by atoms with E-state index in [1.807, 2.05) is 41.2 Å². The van der Waals surface area contributed by atoms with Gasteiger partial charge in [0.15, 0.2) is 0 Å². The van der Waals surface area contributed by atoms with Crippen molar-refractivity contribution < 1.29 is 9.90 Å². The number of nitrogens with zero attached hydrogens (tertiary/aromatic N) is 3. The lowest BCUT2D eigenvalue weighted by molar-refractivity contribution is -0.136. The average Bonchev–Trinajstić information content (AvgIpc) is 3.02. The zero-order valence-corrected chi connectivity index (χ0v) is 14.0. The normalized spacial score (nSPS) is 11.6.